The van der Waals surface area contributed by atoms with Crippen molar-refractivity contribution in [1.82, 2.24) is 0 Å². The Morgan fingerprint density at radius 3 is 2.62 bits per heavy atom. The predicted octanol–water partition coefficient (Wildman–Crippen LogP) is 3.57. The highest BCUT2D eigenvalue weighted by Gasteiger charge is 2.44. The molecule has 1 N–H and O–H groups in total. The van der Waals surface area contributed by atoms with Crippen molar-refractivity contribution < 1.29 is 23.0 Å². The van der Waals surface area contributed by atoms with E-state index in [0.717, 1.165) is 5.56 Å². The molecule has 0 saturated heterocycles. The second kappa shape index (κ2) is 4.73. The molecule has 2 aromatic carbocycles. The van der Waals surface area contributed by atoms with Crippen molar-refractivity contribution in [2.24, 2.45) is 0 Å². The quantitative estimate of drug-likeness (QED) is 0.920. The normalized spacial score (nSPS) is 14.8. The molecule has 6 heteroatoms. The van der Waals surface area contributed by atoms with Gasteiger partial charge in [0, 0.05) is 5.56 Å². The molecule has 21 heavy (non-hydrogen) atoms. The zero-order chi connectivity index (χ0) is 15.0. The zero-order valence-electron chi connectivity index (χ0n) is 11.0. The van der Waals surface area contributed by atoms with Crippen molar-refractivity contribution in [1.29, 1.82) is 0 Å². The number of ether oxygens (including phenoxy) is 2. The Hall–Kier alpha value is -2.63. The maximum absolute atomic E-state index is 13.1. The molecule has 0 fully saturated rings. The van der Waals surface area contributed by atoms with E-state index < -0.39 is 12.2 Å². The number of fused-ring (bicyclic) bond motifs is 1. The number of rotatable bonds is 2. The number of para-hydroxylation sites is 1. The van der Waals surface area contributed by atoms with Crippen LogP contribution in [-0.2, 0) is 0 Å². The fraction of sp³-hybridized carbons (Fsp3) is 0.133. The second-order valence-electron chi connectivity index (χ2n) is 4.57. The molecule has 4 nitrogen and oxygen atoms in total. The molecule has 0 aromatic heterocycles. The number of amides is 1. The largest absolute Gasteiger partial charge is 0.586 e. The van der Waals surface area contributed by atoms with Crippen molar-refractivity contribution in [2.45, 2.75) is 13.2 Å². The third-order valence-electron chi connectivity index (χ3n) is 3.07. The standard InChI is InChI=1S/C15H11F2NO3/c1-9-5-2-3-6-10(9)14(19)18-11-7-4-8-12-13(11)21-15(16,17)20-12/h2-8H,1H3,(H,18,19). The minimum atomic E-state index is -3.72. The van der Waals surface area contributed by atoms with E-state index in [1.54, 1.807) is 25.1 Å². The molecule has 2 aromatic rings. The van der Waals surface area contributed by atoms with Crippen molar-refractivity contribution in [3.8, 4) is 11.5 Å². The number of benzene rings is 2. The Morgan fingerprint density at radius 2 is 1.86 bits per heavy atom. The molecule has 0 bridgehead atoms. The molecule has 0 atom stereocenters. The van der Waals surface area contributed by atoms with Crippen molar-refractivity contribution in [3.05, 3.63) is 53.6 Å². The Labute approximate surface area is 119 Å². The lowest BCUT2D eigenvalue weighted by Gasteiger charge is -2.10. The second-order valence-corrected chi connectivity index (χ2v) is 4.57. The highest BCUT2D eigenvalue weighted by Crippen LogP contribution is 2.45. The van der Waals surface area contributed by atoms with E-state index in [1.807, 2.05) is 6.07 Å². The molecule has 3 rings (SSSR count). The summed E-state index contributed by atoms with van der Waals surface area (Å²) in [5.41, 5.74) is 1.38. The van der Waals surface area contributed by atoms with Crippen LogP contribution in [0.15, 0.2) is 42.5 Å². The minimum absolute atomic E-state index is 0.109. The lowest BCUT2D eigenvalue weighted by molar-refractivity contribution is -0.286. The number of carbonyl (C=O) groups excluding carboxylic acids is 1. The van der Waals surface area contributed by atoms with E-state index in [9.17, 15) is 13.6 Å². The van der Waals surface area contributed by atoms with Gasteiger partial charge in [-0.25, -0.2) is 0 Å². The number of aryl methyl sites for hydroxylation is 1. The first-order valence-corrected chi connectivity index (χ1v) is 6.22. The first-order valence-electron chi connectivity index (χ1n) is 6.22. The average Bonchev–Trinajstić information content (AvgIpc) is 2.74. The van der Waals surface area contributed by atoms with Crippen molar-refractivity contribution in [2.75, 3.05) is 5.32 Å². The summed E-state index contributed by atoms with van der Waals surface area (Å²) >= 11 is 0. The summed E-state index contributed by atoms with van der Waals surface area (Å²) < 4.78 is 34.9. The molecule has 0 unspecified atom stereocenters. The summed E-state index contributed by atoms with van der Waals surface area (Å²) in [6, 6.07) is 11.3. The molecule has 1 aliphatic heterocycles. The van der Waals surface area contributed by atoms with Crippen LogP contribution < -0.4 is 14.8 Å². The fourth-order valence-electron chi connectivity index (χ4n) is 2.08. The first kappa shape index (κ1) is 13.4. The number of alkyl halides is 2. The van der Waals surface area contributed by atoms with Crippen LogP contribution in [0.5, 0.6) is 11.5 Å². The van der Waals surface area contributed by atoms with E-state index >= 15 is 0 Å². The van der Waals surface area contributed by atoms with Gasteiger partial charge >= 0.3 is 6.29 Å². The van der Waals surface area contributed by atoms with Crippen molar-refractivity contribution in [3.63, 3.8) is 0 Å². The number of hydrogen-bond donors (Lipinski definition) is 1. The summed E-state index contributed by atoms with van der Waals surface area (Å²) in [6.07, 6.45) is -3.72. The van der Waals surface area contributed by atoms with Gasteiger partial charge in [0.1, 0.15) is 0 Å². The lowest BCUT2D eigenvalue weighted by atomic mass is 10.1. The van der Waals surface area contributed by atoms with Crippen LogP contribution in [0.1, 0.15) is 15.9 Å². The Balaban J connectivity index is 1.89. The van der Waals surface area contributed by atoms with Crippen LogP contribution in [0.2, 0.25) is 0 Å². The van der Waals surface area contributed by atoms with Gasteiger partial charge in [0.05, 0.1) is 5.69 Å². The third kappa shape index (κ3) is 2.52. The lowest BCUT2D eigenvalue weighted by Crippen LogP contribution is -2.26. The molecule has 0 saturated carbocycles. The van der Waals surface area contributed by atoms with Gasteiger partial charge in [0.15, 0.2) is 11.5 Å². The zero-order valence-corrected chi connectivity index (χ0v) is 11.0. The fourth-order valence-corrected chi connectivity index (χ4v) is 2.08. The average molecular weight is 291 g/mol. The van der Waals surface area contributed by atoms with Crippen LogP contribution in [-0.4, -0.2) is 12.2 Å². The van der Waals surface area contributed by atoms with Crippen LogP contribution in [0.25, 0.3) is 0 Å². The topological polar surface area (TPSA) is 47.6 Å². The molecule has 0 radical (unpaired) electrons. The highest BCUT2D eigenvalue weighted by molar-refractivity contribution is 6.06. The van der Waals surface area contributed by atoms with Gasteiger partial charge in [-0.05, 0) is 30.7 Å². The summed E-state index contributed by atoms with van der Waals surface area (Å²) in [7, 11) is 0. The SMILES string of the molecule is Cc1ccccc1C(=O)Nc1cccc2c1OC(F)(F)O2. The predicted molar refractivity (Wildman–Crippen MR) is 71.8 cm³/mol. The van der Waals surface area contributed by atoms with E-state index in [2.05, 4.69) is 14.8 Å². The van der Waals surface area contributed by atoms with Gasteiger partial charge in [-0.1, -0.05) is 24.3 Å². The van der Waals surface area contributed by atoms with Crippen LogP contribution >= 0.6 is 0 Å². The summed E-state index contributed by atoms with van der Waals surface area (Å²) in [4.78, 5) is 12.2. The van der Waals surface area contributed by atoms with Crippen LogP contribution in [0.4, 0.5) is 14.5 Å². The maximum Gasteiger partial charge on any atom is 0.586 e. The maximum atomic E-state index is 13.1. The van der Waals surface area contributed by atoms with Gasteiger partial charge < -0.3 is 14.8 Å². The van der Waals surface area contributed by atoms with Gasteiger partial charge in [0.25, 0.3) is 5.91 Å². The number of carbonyl (C=O) groups is 1. The highest BCUT2D eigenvalue weighted by atomic mass is 19.3. The smallest absolute Gasteiger partial charge is 0.395 e. The Kier molecular flexibility index (Phi) is 3.01. The van der Waals surface area contributed by atoms with E-state index in [-0.39, 0.29) is 17.2 Å². The monoisotopic (exact) mass is 291 g/mol. The summed E-state index contributed by atoms with van der Waals surface area (Å²) in [5.74, 6) is -0.688. The summed E-state index contributed by atoms with van der Waals surface area (Å²) in [6.45, 7) is 1.79. The molecule has 1 heterocycles. The molecular weight excluding hydrogens is 280 g/mol. The number of nitrogens with one attached hydrogen (secondary N) is 1. The summed E-state index contributed by atoms with van der Waals surface area (Å²) in [5, 5.41) is 2.56. The molecule has 1 amide bonds. The van der Waals surface area contributed by atoms with Gasteiger partial charge in [-0.15, -0.1) is 8.78 Å². The van der Waals surface area contributed by atoms with Crippen LogP contribution in [0, 0.1) is 6.92 Å². The Morgan fingerprint density at radius 1 is 1.10 bits per heavy atom. The van der Waals surface area contributed by atoms with E-state index in [1.165, 1.54) is 18.2 Å². The Bertz CT molecular complexity index is 716. The minimum Gasteiger partial charge on any atom is -0.395 e. The van der Waals surface area contributed by atoms with Gasteiger partial charge in [-0.2, -0.15) is 0 Å². The molecular formula is C15H11F2NO3. The van der Waals surface area contributed by atoms with E-state index in [0.29, 0.717) is 5.56 Å². The number of anilines is 1. The van der Waals surface area contributed by atoms with Crippen LogP contribution in [0.3, 0.4) is 0 Å². The molecule has 0 spiro atoms. The molecule has 108 valence electrons. The number of halogens is 2. The molecule has 0 aliphatic carbocycles. The van der Waals surface area contributed by atoms with E-state index in [4.69, 9.17) is 0 Å². The molecule has 1 aliphatic rings. The number of hydrogen-bond acceptors (Lipinski definition) is 3. The third-order valence-corrected chi connectivity index (χ3v) is 3.07. The van der Waals surface area contributed by atoms with Gasteiger partial charge in [0.2, 0.25) is 0 Å². The van der Waals surface area contributed by atoms with Gasteiger partial charge in [-0.3, -0.25) is 4.79 Å². The first-order chi connectivity index (χ1) is 9.96. The van der Waals surface area contributed by atoms with Crippen molar-refractivity contribution >= 4 is 11.6 Å².